The first-order valence-electron chi connectivity index (χ1n) is 8.46. The summed E-state index contributed by atoms with van der Waals surface area (Å²) in [5.41, 5.74) is 2.33. The van der Waals surface area contributed by atoms with Gasteiger partial charge in [0.1, 0.15) is 6.61 Å². The molecule has 4 heteroatoms. The SMILES string of the molecule is C[C@@H]1CN(Cc2ccccc2)CCN1C(=O)OCc1ccccc1. The van der Waals surface area contributed by atoms with Gasteiger partial charge in [-0.15, -0.1) is 0 Å². The van der Waals surface area contributed by atoms with Crippen molar-refractivity contribution >= 4 is 6.09 Å². The average Bonchev–Trinajstić information content (AvgIpc) is 2.61. The molecule has 3 rings (SSSR count). The van der Waals surface area contributed by atoms with E-state index >= 15 is 0 Å². The van der Waals surface area contributed by atoms with E-state index in [4.69, 9.17) is 4.74 Å². The van der Waals surface area contributed by atoms with Crippen LogP contribution in [-0.2, 0) is 17.9 Å². The fourth-order valence-corrected chi connectivity index (χ4v) is 3.09. The standard InChI is InChI=1S/C20H24N2O2/c1-17-14-21(15-18-8-4-2-5-9-18)12-13-22(17)20(23)24-16-19-10-6-3-7-11-19/h2-11,17H,12-16H2,1H3/t17-/m1/s1. The molecular weight excluding hydrogens is 300 g/mol. The number of carbonyl (C=O) groups excluding carboxylic acids is 1. The van der Waals surface area contributed by atoms with Crippen LogP contribution in [0.4, 0.5) is 4.79 Å². The number of benzene rings is 2. The van der Waals surface area contributed by atoms with Crippen LogP contribution in [0.2, 0.25) is 0 Å². The van der Waals surface area contributed by atoms with Crippen LogP contribution in [0.1, 0.15) is 18.1 Å². The van der Waals surface area contributed by atoms with Crippen LogP contribution < -0.4 is 0 Å². The van der Waals surface area contributed by atoms with Crippen LogP contribution in [0.5, 0.6) is 0 Å². The van der Waals surface area contributed by atoms with E-state index in [0.29, 0.717) is 13.2 Å². The highest BCUT2D eigenvalue weighted by atomic mass is 16.6. The van der Waals surface area contributed by atoms with Crippen LogP contribution in [0.3, 0.4) is 0 Å². The van der Waals surface area contributed by atoms with Crippen LogP contribution in [-0.4, -0.2) is 41.6 Å². The van der Waals surface area contributed by atoms with E-state index < -0.39 is 0 Å². The molecule has 0 bridgehead atoms. The second-order valence-electron chi connectivity index (χ2n) is 6.30. The van der Waals surface area contributed by atoms with Crippen molar-refractivity contribution in [2.45, 2.75) is 26.1 Å². The Kier molecular flexibility index (Phi) is 5.49. The Morgan fingerprint density at radius 1 is 1.00 bits per heavy atom. The summed E-state index contributed by atoms with van der Waals surface area (Å²) < 4.78 is 5.46. The molecule has 0 radical (unpaired) electrons. The zero-order valence-corrected chi connectivity index (χ0v) is 14.1. The molecule has 1 saturated heterocycles. The Morgan fingerprint density at radius 3 is 2.25 bits per heavy atom. The zero-order chi connectivity index (χ0) is 16.8. The van der Waals surface area contributed by atoms with Gasteiger partial charge in [-0.3, -0.25) is 4.90 Å². The second kappa shape index (κ2) is 7.97. The summed E-state index contributed by atoms with van der Waals surface area (Å²) in [7, 11) is 0. The number of amides is 1. The average molecular weight is 324 g/mol. The predicted octanol–water partition coefficient (Wildman–Crippen LogP) is 3.53. The molecule has 0 saturated carbocycles. The fraction of sp³-hybridized carbons (Fsp3) is 0.350. The molecule has 126 valence electrons. The summed E-state index contributed by atoms with van der Waals surface area (Å²) in [6.07, 6.45) is -0.217. The lowest BCUT2D eigenvalue weighted by Crippen LogP contribution is -2.53. The van der Waals surface area contributed by atoms with Gasteiger partial charge in [0.2, 0.25) is 0 Å². The third-order valence-electron chi connectivity index (χ3n) is 4.40. The van der Waals surface area contributed by atoms with Gasteiger partial charge in [0.05, 0.1) is 0 Å². The zero-order valence-electron chi connectivity index (χ0n) is 14.1. The molecule has 4 nitrogen and oxygen atoms in total. The monoisotopic (exact) mass is 324 g/mol. The summed E-state index contributed by atoms with van der Waals surface area (Å²) in [6.45, 7) is 5.80. The van der Waals surface area contributed by atoms with Crippen molar-refractivity contribution in [3.63, 3.8) is 0 Å². The van der Waals surface area contributed by atoms with Crippen LogP contribution >= 0.6 is 0 Å². The molecule has 0 aliphatic carbocycles. The number of ether oxygens (including phenoxy) is 1. The van der Waals surface area contributed by atoms with Gasteiger partial charge in [0.25, 0.3) is 0 Å². The van der Waals surface area contributed by atoms with Crippen LogP contribution in [0.25, 0.3) is 0 Å². The molecule has 1 aliphatic rings. The Labute approximate surface area is 143 Å². The molecular formula is C20H24N2O2. The third-order valence-corrected chi connectivity index (χ3v) is 4.40. The molecule has 1 amide bonds. The highest BCUT2D eigenvalue weighted by molar-refractivity contribution is 5.68. The highest BCUT2D eigenvalue weighted by Gasteiger charge is 2.28. The lowest BCUT2D eigenvalue weighted by molar-refractivity contribution is 0.0458. The molecule has 0 N–H and O–H groups in total. The number of carbonyl (C=O) groups is 1. The Hall–Kier alpha value is -2.33. The van der Waals surface area contributed by atoms with Gasteiger partial charge in [0, 0.05) is 32.2 Å². The minimum absolute atomic E-state index is 0.158. The summed E-state index contributed by atoms with van der Waals surface area (Å²) in [6, 6.07) is 20.4. The third kappa shape index (κ3) is 4.36. The number of nitrogens with zero attached hydrogens (tertiary/aromatic N) is 2. The Balaban J connectivity index is 1.49. The van der Waals surface area contributed by atoms with Crippen molar-refractivity contribution in [3.8, 4) is 0 Å². The minimum atomic E-state index is -0.217. The van der Waals surface area contributed by atoms with Gasteiger partial charge >= 0.3 is 6.09 Å². The largest absolute Gasteiger partial charge is 0.445 e. The van der Waals surface area contributed by atoms with Gasteiger partial charge in [0.15, 0.2) is 0 Å². The first-order chi connectivity index (χ1) is 11.7. The summed E-state index contributed by atoms with van der Waals surface area (Å²) in [5.74, 6) is 0. The van der Waals surface area contributed by atoms with E-state index in [-0.39, 0.29) is 12.1 Å². The maximum atomic E-state index is 12.3. The van der Waals surface area contributed by atoms with Crippen molar-refractivity contribution in [1.29, 1.82) is 0 Å². The number of piperazine rings is 1. The Bertz CT molecular complexity index is 645. The first kappa shape index (κ1) is 16.5. The van der Waals surface area contributed by atoms with Crippen molar-refractivity contribution in [1.82, 2.24) is 9.80 Å². The van der Waals surface area contributed by atoms with Crippen LogP contribution in [0, 0.1) is 0 Å². The van der Waals surface area contributed by atoms with E-state index in [1.165, 1.54) is 5.56 Å². The van der Waals surface area contributed by atoms with Crippen molar-refractivity contribution in [2.24, 2.45) is 0 Å². The molecule has 24 heavy (non-hydrogen) atoms. The van der Waals surface area contributed by atoms with Gasteiger partial charge in [-0.1, -0.05) is 60.7 Å². The van der Waals surface area contributed by atoms with E-state index in [1.54, 1.807) is 0 Å². The summed E-state index contributed by atoms with van der Waals surface area (Å²) in [5, 5.41) is 0. The molecule has 0 aromatic heterocycles. The van der Waals surface area contributed by atoms with Crippen molar-refractivity contribution in [2.75, 3.05) is 19.6 Å². The van der Waals surface area contributed by atoms with Crippen LogP contribution in [0.15, 0.2) is 60.7 Å². The van der Waals surface area contributed by atoms with E-state index in [2.05, 4.69) is 36.1 Å². The number of rotatable bonds is 4. The first-order valence-corrected chi connectivity index (χ1v) is 8.46. The number of hydrogen-bond donors (Lipinski definition) is 0. The van der Waals surface area contributed by atoms with E-state index in [1.807, 2.05) is 41.3 Å². The second-order valence-corrected chi connectivity index (χ2v) is 6.30. The Morgan fingerprint density at radius 2 is 1.62 bits per heavy atom. The molecule has 2 aromatic carbocycles. The van der Waals surface area contributed by atoms with Gasteiger partial charge in [-0.25, -0.2) is 4.79 Å². The van der Waals surface area contributed by atoms with E-state index in [9.17, 15) is 4.79 Å². The molecule has 2 aromatic rings. The van der Waals surface area contributed by atoms with Gasteiger partial charge in [-0.2, -0.15) is 0 Å². The maximum Gasteiger partial charge on any atom is 0.410 e. The predicted molar refractivity (Wildman–Crippen MR) is 94.5 cm³/mol. The van der Waals surface area contributed by atoms with E-state index in [0.717, 1.165) is 25.2 Å². The molecule has 0 spiro atoms. The quantitative estimate of drug-likeness (QED) is 0.862. The molecule has 1 atom stereocenters. The lowest BCUT2D eigenvalue weighted by atomic mass is 10.1. The maximum absolute atomic E-state index is 12.3. The topological polar surface area (TPSA) is 32.8 Å². The van der Waals surface area contributed by atoms with Gasteiger partial charge in [-0.05, 0) is 18.1 Å². The normalized spacial score (nSPS) is 18.4. The summed E-state index contributed by atoms with van der Waals surface area (Å²) >= 11 is 0. The summed E-state index contributed by atoms with van der Waals surface area (Å²) in [4.78, 5) is 16.6. The van der Waals surface area contributed by atoms with Gasteiger partial charge < -0.3 is 9.64 Å². The molecule has 1 aliphatic heterocycles. The smallest absolute Gasteiger partial charge is 0.410 e. The number of hydrogen-bond acceptors (Lipinski definition) is 3. The minimum Gasteiger partial charge on any atom is -0.445 e. The lowest BCUT2D eigenvalue weighted by Gasteiger charge is -2.39. The van der Waals surface area contributed by atoms with Crippen molar-refractivity contribution < 1.29 is 9.53 Å². The highest BCUT2D eigenvalue weighted by Crippen LogP contribution is 2.15. The fourth-order valence-electron chi connectivity index (χ4n) is 3.09. The molecule has 1 fully saturated rings. The molecule has 0 unspecified atom stereocenters. The molecule has 1 heterocycles. The van der Waals surface area contributed by atoms with Crippen molar-refractivity contribution in [3.05, 3.63) is 71.8 Å².